The van der Waals surface area contributed by atoms with Gasteiger partial charge in [0.1, 0.15) is 0 Å². The van der Waals surface area contributed by atoms with Crippen LogP contribution in [0.5, 0.6) is 0 Å². The summed E-state index contributed by atoms with van der Waals surface area (Å²) >= 11 is 0. The number of hydrogen-bond acceptors (Lipinski definition) is 4. The van der Waals surface area contributed by atoms with Gasteiger partial charge < -0.3 is 5.73 Å². The highest BCUT2D eigenvalue weighted by Crippen LogP contribution is 2.23. The Kier molecular flexibility index (Phi) is 4.14. The third kappa shape index (κ3) is 3.30. The van der Waals surface area contributed by atoms with Gasteiger partial charge in [0.05, 0.1) is 0 Å². The molecule has 1 aromatic heterocycles. The van der Waals surface area contributed by atoms with Crippen LogP contribution in [0.2, 0.25) is 0 Å². The van der Waals surface area contributed by atoms with Crippen LogP contribution in [0.25, 0.3) is 11.4 Å². The Bertz CT molecular complexity index is 545. The molecule has 0 fully saturated rings. The molecule has 0 atom stereocenters. The Labute approximate surface area is 113 Å². The van der Waals surface area contributed by atoms with Crippen molar-refractivity contribution in [3.8, 4) is 11.4 Å². The Morgan fingerprint density at radius 2 is 2.11 bits per heavy atom. The van der Waals surface area contributed by atoms with E-state index in [0.717, 1.165) is 35.6 Å². The molecule has 0 spiro atoms. The first kappa shape index (κ1) is 13.5. The Balaban J connectivity index is 2.21. The number of rotatable bonds is 5. The fraction of sp³-hybridized carbons (Fsp3) is 0.500. The SMILES string of the molecule is Cc1ccc(N)cc1-c1nnnn1CCCC(C)C. The van der Waals surface area contributed by atoms with E-state index in [4.69, 9.17) is 5.73 Å². The molecule has 1 aromatic carbocycles. The summed E-state index contributed by atoms with van der Waals surface area (Å²) in [5, 5.41) is 12.0. The molecular formula is C14H21N5. The van der Waals surface area contributed by atoms with Crippen molar-refractivity contribution in [2.24, 2.45) is 5.92 Å². The summed E-state index contributed by atoms with van der Waals surface area (Å²) < 4.78 is 1.87. The highest BCUT2D eigenvalue weighted by Gasteiger charge is 2.11. The second-order valence-electron chi connectivity index (χ2n) is 5.34. The molecule has 5 heteroatoms. The lowest BCUT2D eigenvalue weighted by molar-refractivity contribution is 0.485. The van der Waals surface area contributed by atoms with E-state index in [0.29, 0.717) is 5.92 Å². The molecule has 19 heavy (non-hydrogen) atoms. The average molecular weight is 259 g/mol. The molecular weight excluding hydrogens is 238 g/mol. The van der Waals surface area contributed by atoms with E-state index < -0.39 is 0 Å². The van der Waals surface area contributed by atoms with E-state index in [9.17, 15) is 0 Å². The van der Waals surface area contributed by atoms with E-state index >= 15 is 0 Å². The van der Waals surface area contributed by atoms with Gasteiger partial charge in [-0.3, -0.25) is 0 Å². The van der Waals surface area contributed by atoms with Gasteiger partial charge in [0, 0.05) is 17.8 Å². The zero-order valence-corrected chi connectivity index (χ0v) is 11.8. The summed E-state index contributed by atoms with van der Waals surface area (Å²) in [6.07, 6.45) is 2.26. The molecule has 2 aromatic rings. The van der Waals surface area contributed by atoms with Crippen LogP contribution >= 0.6 is 0 Å². The Hall–Kier alpha value is -1.91. The Morgan fingerprint density at radius 3 is 2.84 bits per heavy atom. The first-order valence-electron chi connectivity index (χ1n) is 6.70. The van der Waals surface area contributed by atoms with Crippen LogP contribution in [-0.2, 0) is 6.54 Å². The largest absolute Gasteiger partial charge is 0.399 e. The molecule has 0 aliphatic carbocycles. The fourth-order valence-corrected chi connectivity index (χ4v) is 2.08. The third-order valence-corrected chi connectivity index (χ3v) is 3.19. The van der Waals surface area contributed by atoms with E-state index in [-0.39, 0.29) is 0 Å². The van der Waals surface area contributed by atoms with Crippen molar-refractivity contribution in [1.29, 1.82) is 0 Å². The maximum atomic E-state index is 5.85. The van der Waals surface area contributed by atoms with E-state index in [2.05, 4.69) is 29.4 Å². The molecule has 0 amide bonds. The number of tetrazole rings is 1. The predicted molar refractivity (Wildman–Crippen MR) is 76.5 cm³/mol. The quantitative estimate of drug-likeness (QED) is 0.838. The highest BCUT2D eigenvalue weighted by atomic mass is 15.5. The van der Waals surface area contributed by atoms with Crippen molar-refractivity contribution in [1.82, 2.24) is 20.2 Å². The van der Waals surface area contributed by atoms with Crippen LogP contribution < -0.4 is 5.73 Å². The molecule has 0 bridgehead atoms. The topological polar surface area (TPSA) is 69.6 Å². The Morgan fingerprint density at radius 1 is 1.32 bits per heavy atom. The van der Waals surface area contributed by atoms with E-state index in [1.165, 1.54) is 6.42 Å². The molecule has 5 nitrogen and oxygen atoms in total. The molecule has 0 saturated carbocycles. The van der Waals surface area contributed by atoms with Gasteiger partial charge in [-0.2, -0.15) is 0 Å². The number of aryl methyl sites for hydroxylation is 2. The van der Waals surface area contributed by atoms with Crippen LogP contribution in [0, 0.1) is 12.8 Å². The van der Waals surface area contributed by atoms with Gasteiger partial charge >= 0.3 is 0 Å². The lowest BCUT2D eigenvalue weighted by Gasteiger charge is -2.08. The molecule has 102 valence electrons. The van der Waals surface area contributed by atoms with Gasteiger partial charge in [0.2, 0.25) is 0 Å². The van der Waals surface area contributed by atoms with Crippen molar-refractivity contribution in [3.05, 3.63) is 23.8 Å². The van der Waals surface area contributed by atoms with Gasteiger partial charge in [-0.1, -0.05) is 19.9 Å². The summed E-state index contributed by atoms with van der Waals surface area (Å²) in [4.78, 5) is 0. The number of nitrogen functional groups attached to an aromatic ring is 1. The third-order valence-electron chi connectivity index (χ3n) is 3.19. The summed E-state index contributed by atoms with van der Waals surface area (Å²) in [5.74, 6) is 1.50. The first-order valence-corrected chi connectivity index (χ1v) is 6.70. The van der Waals surface area contributed by atoms with Gasteiger partial charge in [-0.25, -0.2) is 4.68 Å². The van der Waals surface area contributed by atoms with Crippen molar-refractivity contribution in [3.63, 3.8) is 0 Å². The minimum Gasteiger partial charge on any atom is -0.399 e. The fourth-order valence-electron chi connectivity index (χ4n) is 2.08. The maximum Gasteiger partial charge on any atom is 0.182 e. The number of nitrogens with two attached hydrogens (primary N) is 1. The second kappa shape index (κ2) is 5.82. The number of anilines is 1. The minimum atomic E-state index is 0.703. The zero-order chi connectivity index (χ0) is 13.8. The molecule has 0 radical (unpaired) electrons. The molecule has 0 unspecified atom stereocenters. The van der Waals surface area contributed by atoms with Crippen LogP contribution in [0.15, 0.2) is 18.2 Å². The standard InChI is InChI=1S/C14H21N5/c1-10(2)5-4-8-19-14(16-17-18-19)13-9-12(15)7-6-11(13)3/h6-7,9-10H,4-5,8,15H2,1-3H3. The van der Waals surface area contributed by atoms with Gasteiger partial charge in [-0.15, -0.1) is 5.10 Å². The van der Waals surface area contributed by atoms with E-state index in [1.807, 2.05) is 29.8 Å². The monoisotopic (exact) mass is 259 g/mol. The lowest BCUT2D eigenvalue weighted by atomic mass is 10.1. The smallest absolute Gasteiger partial charge is 0.182 e. The number of hydrogen-bond donors (Lipinski definition) is 1. The average Bonchev–Trinajstić information content (AvgIpc) is 2.80. The molecule has 2 rings (SSSR count). The van der Waals surface area contributed by atoms with Crippen LogP contribution in [0.3, 0.4) is 0 Å². The van der Waals surface area contributed by atoms with E-state index in [1.54, 1.807) is 0 Å². The van der Waals surface area contributed by atoms with Crippen molar-refractivity contribution in [2.45, 2.75) is 40.2 Å². The van der Waals surface area contributed by atoms with Gasteiger partial charge in [0.15, 0.2) is 5.82 Å². The molecule has 1 heterocycles. The summed E-state index contributed by atoms with van der Waals surface area (Å²) in [5.41, 5.74) is 8.72. The first-order chi connectivity index (χ1) is 9.08. The van der Waals surface area contributed by atoms with Crippen molar-refractivity contribution < 1.29 is 0 Å². The zero-order valence-electron chi connectivity index (χ0n) is 11.8. The summed E-state index contributed by atoms with van der Waals surface area (Å²) in [6.45, 7) is 7.34. The molecule has 0 saturated heterocycles. The van der Waals surface area contributed by atoms with Crippen LogP contribution in [0.4, 0.5) is 5.69 Å². The number of benzene rings is 1. The molecule has 0 aliphatic heterocycles. The maximum absolute atomic E-state index is 5.85. The van der Waals surface area contributed by atoms with Crippen molar-refractivity contribution >= 4 is 5.69 Å². The van der Waals surface area contributed by atoms with Crippen molar-refractivity contribution in [2.75, 3.05) is 5.73 Å². The summed E-state index contributed by atoms with van der Waals surface area (Å²) in [6, 6.07) is 5.82. The van der Waals surface area contributed by atoms with Crippen LogP contribution in [-0.4, -0.2) is 20.2 Å². The van der Waals surface area contributed by atoms with Crippen LogP contribution in [0.1, 0.15) is 32.3 Å². The second-order valence-corrected chi connectivity index (χ2v) is 5.34. The molecule has 0 aliphatic rings. The number of nitrogens with zero attached hydrogens (tertiary/aromatic N) is 4. The van der Waals surface area contributed by atoms with Gasteiger partial charge in [0.25, 0.3) is 0 Å². The number of aromatic nitrogens is 4. The normalized spacial score (nSPS) is 11.2. The molecule has 2 N–H and O–H groups in total. The van der Waals surface area contributed by atoms with Gasteiger partial charge in [-0.05, 0) is 53.8 Å². The minimum absolute atomic E-state index is 0.703. The summed E-state index contributed by atoms with van der Waals surface area (Å²) in [7, 11) is 0. The highest BCUT2D eigenvalue weighted by molar-refractivity contribution is 5.65. The predicted octanol–water partition coefficient (Wildman–Crippen LogP) is 2.67. The lowest BCUT2D eigenvalue weighted by Crippen LogP contribution is -2.05.